The molecule has 0 saturated carbocycles. The highest BCUT2D eigenvalue weighted by molar-refractivity contribution is 6.19. The van der Waals surface area contributed by atoms with Crippen LogP contribution in [0.5, 0.6) is 0 Å². The molecule has 0 bridgehead atoms. The van der Waals surface area contributed by atoms with Crippen LogP contribution in [-0.2, 0) is 0 Å². The molecule has 10 aromatic carbocycles. The van der Waals surface area contributed by atoms with Gasteiger partial charge in [-0.15, -0.1) is 0 Å². The summed E-state index contributed by atoms with van der Waals surface area (Å²) in [5, 5.41) is 13.4. The van der Waals surface area contributed by atoms with Gasteiger partial charge in [-0.3, -0.25) is 0 Å². The summed E-state index contributed by atoms with van der Waals surface area (Å²) in [6.45, 7) is 0. The van der Waals surface area contributed by atoms with Crippen LogP contribution >= 0.6 is 0 Å². The summed E-state index contributed by atoms with van der Waals surface area (Å²) in [5.41, 5.74) is 7.73. The number of rotatable bonds is 5. The molecule has 0 radical (unpaired) electrons. The molecule has 0 spiro atoms. The van der Waals surface area contributed by atoms with Gasteiger partial charge in [0.05, 0.1) is 11.4 Å². The Morgan fingerprint density at radius 2 is 0.815 bits per heavy atom. The van der Waals surface area contributed by atoms with E-state index in [1.54, 1.807) is 0 Å². The van der Waals surface area contributed by atoms with Crippen LogP contribution in [0.1, 0.15) is 0 Å². The summed E-state index contributed by atoms with van der Waals surface area (Å²) >= 11 is 0. The summed E-state index contributed by atoms with van der Waals surface area (Å²) in [7, 11) is 0. The van der Waals surface area contributed by atoms with Gasteiger partial charge < -0.3 is 9.32 Å². The fourth-order valence-electron chi connectivity index (χ4n) is 8.37. The van der Waals surface area contributed by atoms with Crippen LogP contribution in [0, 0.1) is 0 Å². The van der Waals surface area contributed by atoms with Gasteiger partial charge in [-0.1, -0.05) is 152 Å². The summed E-state index contributed by atoms with van der Waals surface area (Å²) < 4.78 is 6.22. The smallest absolute Gasteiger partial charge is 0.135 e. The lowest BCUT2D eigenvalue weighted by Crippen LogP contribution is -2.11. The first-order valence-electron chi connectivity index (χ1n) is 18.5. The van der Waals surface area contributed by atoms with Crippen molar-refractivity contribution in [1.29, 1.82) is 0 Å². The number of fused-ring (bicyclic) bond motifs is 8. The van der Waals surface area contributed by atoms with Crippen molar-refractivity contribution in [2.45, 2.75) is 0 Å². The third-order valence-corrected chi connectivity index (χ3v) is 11.0. The minimum absolute atomic E-state index is 0.881. The normalized spacial score (nSPS) is 11.7. The number of nitrogens with zero attached hydrogens (tertiary/aromatic N) is 1. The maximum absolute atomic E-state index is 6.22. The molecule has 2 nitrogen and oxygen atoms in total. The molecule has 0 fully saturated rings. The van der Waals surface area contributed by atoms with Crippen molar-refractivity contribution in [2.24, 2.45) is 0 Å². The second-order valence-electron chi connectivity index (χ2n) is 14.1. The fourth-order valence-corrected chi connectivity index (χ4v) is 8.37. The Labute approximate surface area is 312 Å². The Balaban J connectivity index is 1.10. The van der Waals surface area contributed by atoms with E-state index >= 15 is 0 Å². The third-order valence-electron chi connectivity index (χ3n) is 11.0. The first kappa shape index (κ1) is 30.5. The molecule has 0 amide bonds. The molecular formula is C52H33NO. The van der Waals surface area contributed by atoms with E-state index in [0.717, 1.165) is 44.9 Å². The predicted molar refractivity (Wildman–Crippen MR) is 229 cm³/mol. The molecular weight excluding hydrogens is 655 g/mol. The first-order valence-corrected chi connectivity index (χ1v) is 18.5. The van der Waals surface area contributed by atoms with E-state index in [4.69, 9.17) is 4.42 Å². The molecule has 1 aromatic heterocycles. The Bertz CT molecular complexity index is 3090. The Morgan fingerprint density at radius 3 is 1.48 bits per heavy atom. The molecule has 0 aliphatic rings. The van der Waals surface area contributed by atoms with Crippen LogP contribution in [-0.4, -0.2) is 0 Å². The van der Waals surface area contributed by atoms with Crippen molar-refractivity contribution < 1.29 is 4.42 Å². The van der Waals surface area contributed by atoms with Gasteiger partial charge >= 0.3 is 0 Å². The van der Waals surface area contributed by atoms with Crippen LogP contribution in [0.25, 0.3) is 87.3 Å². The lowest BCUT2D eigenvalue weighted by atomic mass is 9.96. The van der Waals surface area contributed by atoms with Crippen molar-refractivity contribution in [1.82, 2.24) is 0 Å². The zero-order valence-corrected chi connectivity index (χ0v) is 29.4. The van der Waals surface area contributed by atoms with Crippen LogP contribution in [0.2, 0.25) is 0 Å². The zero-order valence-electron chi connectivity index (χ0n) is 29.4. The van der Waals surface area contributed by atoms with Gasteiger partial charge in [0.15, 0.2) is 0 Å². The number of benzene rings is 10. The van der Waals surface area contributed by atoms with Gasteiger partial charge in [0, 0.05) is 27.4 Å². The second kappa shape index (κ2) is 12.2. The molecule has 0 aliphatic carbocycles. The maximum Gasteiger partial charge on any atom is 0.135 e. The number of para-hydroxylation sites is 1. The van der Waals surface area contributed by atoms with E-state index in [9.17, 15) is 0 Å². The summed E-state index contributed by atoms with van der Waals surface area (Å²) in [6, 6.07) is 72.5. The van der Waals surface area contributed by atoms with Crippen molar-refractivity contribution in [3.8, 4) is 22.5 Å². The first-order chi connectivity index (χ1) is 26.7. The molecule has 0 saturated heterocycles. The van der Waals surface area contributed by atoms with Gasteiger partial charge in [-0.25, -0.2) is 0 Å². The standard InChI is InChI=1S/C52H33NO/c1-4-17-43-38(12-1)31-49(47-21-8-6-19-45(43)47)53(50-32-39-13-2-5-18-44(39)46-20-7-9-22-48(46)50)42-27-26-36-28-35(24-25-37(36)30-42)34-15-11-16-40(29-34)52-33-41-14-3-10-23-51(41)54-52/h1-33H. The average Bonchev–Trinajstić information content (AvgIpc) is 3.68. The Hall–Kier alpha value is -7.16. The topological polar surface area (TPSA) is 16.4 Å². The fraction of sp³-hybridized carbons (Fsp3) is 0. The molecule has 54 heavy (non-hydrogen) atoms. The van der Waals surface area contributed by atoms with Gasteiger partial charge in [0.2, 0.25) is 0 Å². The SMILES string of the molecule is c1cc(-c2ccc3cc(N(c4cc5ccccc5c5ccccc45)c4cc5ccccc5c5ccccc45)ccc3c2)cc(-c2cc3ccccc3o2)c1. The molecule has 2 heteroatoms. The van der Waals surface area contributed by atoms with Crippen LogP contribution < -0.4 is 4.90 Å². The van der Waals surface area contributed by atoms with Crippen molar-refractivity contribution in [2.75, 3.05) is 4.90 Å². The van der Waals surface area contributed by atoms with E-state index in [1.165, 1.54) is 59.4 Å². The summed E-state index contributed by atoms with van der Waals surface area (Å²) in [5.74, 6) is 0.881. The molecule has 1 heterocycles. The average molecular weight is 688 g/mol. The van der Waals surface area contributed by atoms with Crippen molar-refractivity contribution in [3.63, 3.8) is 0 Å². The number of furan rings is 1. The number of hydrogen-bond acceptors (Lipinski definition) is 2. The molecule has 0 unspecified atom stereocenters. The summed E-state index contributed by atoms with van der Waals surface area (Å²) in [6.07, 6.45) is 0. The second-order valence-corrected chi connectivity index (χ2v) is 14.1. The molecule has 0 N–H and O–H groups in total. The highest BCUT2D eigenvalue weighted by Crippen LogP contribution is 2.46. The molecule has 11 aromatic rings. The van der Waals surface area contributed by atoms with Crippen molar-refractivity contribution >= 4 is 81.9 Å². The highest BCUT2D eigenvalue weighted by Gasteiger charge is 2.21. The molecule has 0 aliphatic heterocycles. The largest absolute Gasteiger partial charge is 0.456 e. The third kappa shape index (κ3) is 4.96. The lowest BCUT2D eigenvalue weighted by Gasteiger charge is -2.29. The van der Waals surface area contributed by atoms with E-state index in [0.29, 0.717) is 0 Å². The van der Waals surface area contributed by atoms with E-state index in [-0.39, 0.29) is 0 Å². The Kier molecular flexibility index (Phi) is 6.90. The van der Waals surface area contributed by atoms with Crippen LogP contribution in [0.4, 0.5) is 17.1 Å². The van der Waals surface area contributed by atoms with E-state index in [1.807, 2.05) is 18.2 Å². The van der Waals surface area contributed by atoms with Gasteiger partial charge in [0.1, 0.15) is 11.3 Å². The Morgan fingerprint density at radius 1 is 0.296 bits per heavy atom. The number of anilines is 3. The quantitative estimate of drug-likeness (QED) is 0.168. The molecule has 11 rings (SSSR count). The summed E-state index contributed by atoms with van der Waals surface area (Å²) in [4.78, 5) is 2.48. The molecule has 0 atom stereocenters. The van der Waals surface area contributed by atoms with Gasteiger partial charge in [-0.05, 0) is 103 Å². The minimum Gasteiger partial charge on any atom is -0.456 e. The predicted octanol–water partition coefficient (Wildman–Crippen LogP) is 15.0. The molecule has 252 valence electrons. The van der Waals surface area contributed by atoms with Gasteiger partial charge in [-0.2, -0.15) is 0 Å². The highest BCUT2D eigenvalue weighted by atomic mass is 16.3. The minimum atomic E-state index is 0.881. The van der Waals surface area contributed by atoms with Crippen molar-refractivity contribution in [3.05, 3.63) is 200 Å². The lowest BCUT2D eigenvalue weighted by molar-refractivity contribution is 0.631. The maximum atomic E-state index is 6.22. The van der Waals surface area contributed by atoms with E-state index < -0.39 is 0 Å². The van der Waals surface area contributed by atoms with E-state index in [2.05, 4.69) is 187 Å². The van der Waals surface area contributed by atoms with Gasteiger partial charge in [0.25, 0.3) is 0 Å². The van der Waals surface area contributed by atoms with Crippen LogP contribution in [0.15, 0.2) is 205 Å². The number of hydrogen-bond donors (Lipinski definition) is 0. The monoisotopic (exact) mass is 687 g/mol. The zero-order chi connectivity index (χ0) is 35.6. The van der Waals surface area contributed by atoms with Crippen LogP contribution in [0.3, 0.4) is 0 Å².